The summed E-state index contributed by atoms with van der Waals surface area (Å²) in [6.45, 7) is 7.89. The highest BCUT2D eigenvalue weighted by atomic mass is 32.2. The van der Waals surface area contributed by atoms with Crippen LogP contribution >= 0.6 is 0 Å². The van der Waals surface area contributed by atoms with Crippen molar-refractivity contribution in [3.63, 3.8) is 0 Å². The van der Waals surface area contributed by atoms with Gasteiger partial charge in [0.1, 0.15) is 6.54 Å². The topological polar surface area (TPSA) is 97.4 Å². The van der Waals surface area contributed by atoms with Gasteiger partial charge in [-0.3, -0.25) is 14.0 Å². The van der Waals surface area contributed by atoms with Gasteiger partial charge in [-0.25, -0.2) is 8.42 Å². The van der Waals surface area contributed by atoms with E-state index in [-0.39, 0.29) is 23.7 Å². The number of methoxy groups -OCH3 is 2. The van der Waals surface area contributed by atoms with Gasteiger partial charge in [-0.1, -0.05) is 30.3 Å². The monoisotopic (exact) mass is 567 g/mol. The molecule has 0 atom stereocenters. The summed E-state index contributed by atoms with van der Waals surface area (Å²) in [4.78, 5) is 15.5. The molecule has 3 aromatic carbocycles. The summed E-state index contributed by atoms with van der Waals surface area (Å²) >= 11 is 0. The molecule has 9 nitrogen and oxygen atoms in total. The van der Waals surface area contributed by atoms with Crippen molar-refractivity contribution < 1.29 is 27.4 Å². The van der Waals surface area contributed by atoms with Gasteiger partial charge in [0.2, 0.25) is 5.91 Å². The normalized spacial score (nSPS) is 14.0. The molecule has 1 saturated heterocycles. The Kier molecular flexibility index (Phi) is 9.67. The molecule has 40 heavy (non-hydrogen) atoms. The maximum absolute atomic E-state index is 13.9. The Morgan fingerprint density at radius 3 is 2.15 bits per heavy atom. The van der Waals surface area contributed by atoms with E-state index in [9.17, 15) is 13.2 Å². The third kappa shape index (κ3) is 7.32. The molecule has 214 valence electrons. The fourth-order valence-corrected chi connectivity index (χ4v) is 6.10. The number of hydrogen-bond acceptors (Lipinski definition) is 7. The molecule has 1 N–H and O–H groups in total. The summed E-state index contributed by atoms with van der Waals surface area (Å²) in [5.74, 6) is 0.277. The molecule has 1 aliphatic rings. The lowest BCUT2D eigenvalue weighted by molar-refractivity contribution is -0.119. The Bertz CT molecular complexity index is 1400. The van der Waals surface area contributed by atoms with Gasteiger partial charge >= 0.3 is 0 Å². The largest absolute Gasteiger partial charge is 0.493 e. The van der Waals surface area contributed by atoms with Crippen LogP contribution in [0.2, 0.25) is 0 Å². The second kappa shape index (κ2) is 13.2. The van der Waals surface area contributed by atoms with Crippen LogP contribution in [0.4, 0.5) is 5.69 Å². The molecular weight excluding hydrogens is 530 g/mol. The van der Waals surface area contributed by atoms with E-state index in [2.05, 4.69) is 22.3 Å². The molecule has 10 heteroatoms. The standard InChI is InChI=1S/C30H37N3O6S/c1-22-15-23(2)17-26(16-22)33(40(35,36)27-9-10-28(37-3)29(18-27)38-4)21-30(34)31-19-24-5-7-25(8-6-24)20-32-11-13-39-14-12-32/h5-10,15-18H,11-14,19-21H2,1-4H3,(H,31,34). The number of hydrogen-bond donors (Lipinski definition) is 1. The molecule has 1 fully saturated rings. The predicted molar refractivity (Wildman–Crippen MR) is 154 cm³/mol. The Hall–Kier alpha value is -3.60. The Balaban J connectivity index is 1.50. The summed E-state index contributed by atoms with van der Waals surface area (Å²) in [6, 6.07) is 17.9. The highest BCUT2D eigenvalue weighted by Crippen LogP contribution is 2.32. The molecule has 0 spiro atoms. The molecule has 0 aliphatic carbocycles. The molecule has 1 aliphatic heterocycles. The van der Waals surface area contributed by atoms with E-state index in [1.54, 1.807) is 12.1 Å². The first kappa shape index (κ1) is 29.4. The van der Waals surface area contributed by atoms with Crippen molar-refractivity contribution in [3.8, 4) is 11.5 Å². The van der Waals surface area contributed by atoms with E-state index in [0.717, 1.165) is 53.8 Å². The van der Waals surface area contributed by atoms with E-state index in [4.69, 9.17) is 14.2 Å². The molecule has 0 aromatic heterocycles. The lowest BCUT2D eigenvalue weighted by Crippen LogP contribution is -2.40. The highest BCUT2D eigenvalue weighted by molar-refractivity contribution is 7.92. The van der Waals surface area contributed by atoms with Gasteiger partial charge in [0.25, 0.3) is 10.0 Å². The first-order valence-electron chi connectivity index (χ1n) is 13.2. The predicted octanol–water partition coefficient (Wildman–Crippen LogP) is 3.66. The first-order valence-corrected chi connectivity index (χ1v) is 14.6. The molecule has 0 unspecified atom stereocenters. The summed E-state index contributed by atoms with van der Waals surface area (Å²) in [5, 5.41) is 2.88. The van der Waals surface area contributed by atoms with Gasteiger partial charge in [-0.2, -0.15) is 0 Å². The lowest BCUT2D eigenvalue weighted by atomic mass is 10.1. The third-order valence-electron chi connectivity index (χ3n) is 6.75. The number of anilines is 1. The summed E-state index contributed by atoms with van der Waals surface area (Å²) < 4.78 is 44.9. The second-order valence-corrected chi connectivity index (χ2v) is 11.7. The molecule has 0 saturated carbocycles. The number of benzene rings is 3. The fraction of sp³-hybridized carbons (Fsp3) is 0.367. The van der Waals surface area contributed by atoms with Gasteiger partial charge in [0, 0.05) is 32.2 Å². The van der Waals surface area contributed by atoms with Crippen LogP contribution in [0.15, 0.2) is 65.6 Å². The van der Waals surface area contributed by atoms with Crippen LogP contribution in [-0.4, -0.2) is 66.3 Å². The molecule has 1 heterocycles. The van der Waals surface area contributed by atoms with E-state index in [1.807, 2.05) is 32.0 Å². The first-order chi connectivity index (χ1) is 19.2. The lowest BCUT2D eigenvalue weighted by Gasteiger charge is -2.26. The van der Waals surface area contributed by atoms with E-state index in [1.165, 1.54) is 38.0 Å². The van der Waals surface area contributed by atoms with Crippen LogP contribution < -0.4 is 19.1 Å². The van der Waals surface area contributed by atoms with Gasteiger partial charge in [-0.15, -0.1) is 0 Å². The maximum atomic E-state index is 13.9. The zero-order valence-electron chi connectivity index (χ0n) is 23.5. The van der Waals surface area contributed by atoms with E-state index < -0.39 is 15.9 Å². The van der Waals surface area contributed by atoms with Crippen molar-refractivity contribution in [1.82, 2.24) is 10.2 Å². The van der Waals surface area contributed by atoms with Gasteiger partial charge < -0.3 is 19.5 Å². The Labute approximate surface area is 236 Å². The fourth-order valence-electron chi connectivity index (χ4n) is 4.68. The second-order valence-electron chi connectivity index (χ2n) is 9.86. The molecule has 0 bridgehead atoms. The molecule has 3 aromatic rings. The van der Waals surface area contributed by atoms with Crippen LogP contribution in [0.1, 0.15) is 22.3 Å². The van der Waals surface area contributed by atoms with Crippen LogP contribution in [0.5, 0.6) is 11.5 Å². The number of carbonyl (C=O) groups excluding carboxylic acids is 1. The Morgan fingerprint density at radius 2 is 1.52 bits per heavy atom. The molecule has 4 rings (SSSR count). The number of sulfonamides is 1. The van der Waals surface area contributed by atoms with Crippen molar-refractivity contribution in [3.05, 3.63) is 82.9 Å². The van der Waals surface area contributed by atoms with Crippen molar-refractivity contribution in [1.29, 1.82) is 0 Å². The van der Waals surface area contributed by atoms with Gasteiger partial charge in [0.05, 0.1) is 38.0 Å². The quantitative estimate of drug-likeness (QED) is 0.378. The molecule has 1 amide bonds. The van der Waals surface area contributed by atoms with Crippen molar-refractivity contribution in [2.75, 3.05) is 51.4 Å². The number of rotatable bonds is 11. The number of carbonyl (C=O) groups is 1. The molecular formula is C30H37N3O6S. The van der Waals surface area contributed by atoms with Crippen molar-refractivity contribution in [2.45, 2.75) is 31.8 Å². The zero-order valence-corrected chi connectivity index (χ0v) is 24.3. The summed E-state index contributed by atoms with van der Waals surface area (Å²) in [7, 11) is -1.19. The summed E-state index contributed by atoms with van der Waals surface area (Å²) in [6.07, 6.45) is 0. The average Bonchev–Trinajstić information content (AvgIpc) is 2.95. The number of aryl methyl sites for hydroxylation is 2. The summed E-state index contributed by atoms with van der Waals surface area (Å²) in [5.41, 5.74) is 4.31. The number of nitrogens with zero attached hydrogens (tertiary/aromatic N) is 2. The maximum Gasteiger partial charge on any atom is 0.264 e. The number of nitrogens with one attached hydrogen (secondary N) is 1. The highest BCUT2D eigenvalue weighted by Gasteiger charge is 2.28. The Morgan fingerprint density at radius 1 is 0.900 bits per heavy atom. The van der Waals surface area contributed by atoms with E-state index >= 15 is 0 Å². The number of ether oxygens (including phenoxy) is 3. The number of morpholine rings is 1. The van der Waals surface area contributed by atoms with Crippen molar-refractivity contribution >= 4 is 21.6 Å². The smallest absolute Gasteiger partial charge is 0.264 e. The number of amides is 1. The van der Waals surface area contributed by atoms with Gasteiger partial charge in [0.15, 0.2) is 11.5 Å². The SMILES string of the molecule is COc1ccc(S(=O)(=O)N(CC(=O)NCc2ccc(CN3CCOCC3)cc2)c2cc(C)cc(C)c2)cc1OC. The van der Waals surface area contributed by atoms with Crippen LogP contribution in [0, 0.1) is 13.8 Å². The van der Waals surface area contributed by atoms with Gasteiger partial charge in [-0.05, 0) is 60.4 Å². The zero-order chi connectivity index (χ0) is 28.7. The minimum absolute atomic E-state index is 0.00651. The minimum Gasteiger partial charge on any atom is -0.493 e. The molecule has 0 radical (unpaired) electrons. The minimum atomic E-state index is -4.12. The van der Waals surface area contributed by atoms with Crippen LogP contribution in [0.3, 0.4) is 0 Å². The van der Waals surface area contributed by atoms with Crippen molar-refractivity contribution in [2.24, 2.45) is 0 Å². The van der Waals surface area contributed by atoms with E-state index in [0.29, 0.717) is 11.4 Å². The third-order valence-corrected chi connectivity index (χ3v) is 8.52. The van der Waals surface area contributed by atoms with Crippen LogP contribution in [0.25, 0.3) is 0 Å². The average molecular weight is 568 g/mol. The van der Waals surface area contributed by atoms with Crippen LogP contribution in [-0.2, 0) is 32.6 Å².